The van der Waals surface area contributed by atoms with E-state index in [-0.39, 0.29) is 0 Å². The van der Waals surface area contributed by atoms with E-state index in [9.17, 15) is 5.21 Å². The van der Waals surface area contributed by atoms with E-state index in [1.54, 1.807) is 18.3 Å². The summed E-state index contributed by atoms with van der Waals surface area (Å²) in [6.45, 7) is 0. The van der Waals surface area contributed by atoms with Crippen molar-refractivity contribution in [2.45, 2.75) is 0 Å². The molecule has 0 unspecified atom stereocenters. The molecule has 0 N–H and O–H groups in total. The summed E-state index contributed by atoms with van der Waals surface area (Å²) in [6.07, 6.45) is 1.64. The van der Waals surface area contributed by atoms with Crippen molar-refractivity contribution >= 4 is 5.71 Å². The molecule has 0 saturated carbocycles. The van der Waals surface area contributed by atoms with Crippen LogP contribution in [-0.4, -0.2) is 10.7 Å². The smallest absolute Gasteiger partial charge is 0.0884 e. The summed E-state index contributed by atoms with van der Waals surface area (Å²) in [5, 5.41) is 13.8. The van der Waals surface area contributed by atoms with Crippen LogP contribution in [0.2, 0.25) is 0 Å². The highest BCUT2D eigenvalue weighted by molar-refractivity contribution is 6.11. The van der Waals surface area contributed by atoms with Crippen molar-refractivity contribution in [1.29, 1.82) is 0 Å². The first kappa shape index (κ1) is 9.40. The topological polar surface area (TPSA) is 48.3 Å². The van der Waals surface area contributed by atoms with E-state index in [0.29, 0.717) is 11.4 Å². The van der Waals surface area contributed by atoms with E-state index < -0.39 is 0 Å². The molecule has 0 fully saturated rings. The van der Waals surface area contributed by atoms with Crippen molar-refractivity contribution in [3.05, 3.63) is 71.2 Å². The number of pyridine rings is 1. The Kier molecular flexibility index (Phi) is 2.74. The minimum atomic E-state index is 0.371. The van der Waals surface area contributed by atoms with Gasteiger partial charge in [0, 0.05) is 11.8 Å². The summed E-state index contributed by atoms with van der Waals surface area (Å²) < 4.78 is 0. The molecule has 0 aliphatic rings. The minimum Gasteiger partial charge on any atom is -0.791 e. The molecule has 2 rings (SSSR count). The zero-order valence-electron chi connectivity index (χ0n) is 8.00. The zero-order valence-corrected chi connectivity index (χ0v) is 8.00. The minimum absolute atomic E-state index is 0.371. The van der Waals surface area contributed by atoms with E-state index in [0.717, 1.165) is 5.56 Å². The fourth-order valence-electron chi connectivity index (χ4n) is 1.35. The lowest BCUT2D eigenvalue weighted by molar-refractivity contribution is 1.28. The Morgan fingerprint density at radius 1 is 1.00 bits per heavy atom. The Labute approximate surface area is 87.7 Å². The Morgan fingerprint density at radius 2 is 1.73 bits per heavy atom. The van der Waals surface area contributed by atoms with Crippen LogP contribution in [0.15, 0.2) is 59.9 Å². The van der Waals surface area contributed by atoms with Crippen LogP contribution in [0, 0.1) is 5.21 Å². The van der Waals surface area contributed by atoms with Gasteiger partial charge in [-0.05, 0) is 12.1 Å². The first-order valence-electron chi connectivity index (χ1n) is 4.59. The molecule has 0 bridgehead atoms. The third-order valence-corrected chi connectivity index (χ3v) is 2.05. The van der Waals surface area contributed by atoms with Crippen molar-refractivity contribution in [2.24, 2.45) is 5.16 Å². The third kappa shape index (κ3) is 2.02. The van der Waals surface area contributed by atoms with Crippen LogP contribution in [0.3, 0.4) is 0 Å². The maximum absolute atomic E-state index is 10.8. The molecule has 1 aromatic heterocycles. The van der Waals surface area contributed by atoms with Crippen LogP contribution in [0.4, 0.5) is 0 Å². The highest BCUT2D eigenvalue weighted by Crippen LogP contribution is 2.07. The van der Waals surface area contributed by atoms with E-state index in [1.807, 2.05) is 36.4 Å². The van der Waals surface area contributed by atoms with Gasteiger partial charge in [-0.1, -0.05) is 36.4 Å². The average Bonchev–Trinajstić information content (AvgIpc) is 2.33. The van der Waals surface area contributed by atoms with Crippen molar-refractivity contribution in [3.8, 4) is 0 Å². The average molecular weight is 197 g/mol. The van der Waals surface area contributed by atoms with Gasteiger partial charge in [0.2, 0.25) is 0 Å². The summed E-state index contributed by atoms with van der Waals surface area (Å²) in [5.74, 6) is 0. The maximum Gasteiger partial charge on any atom is 0.0884 e. The summed E-state index contributed by atoms with van der Waals surface area (Å²) in [4.78, 5) is 4.10. The molecule has 0 aliphatic carbocycles. The van der Waals surface area contributed by atoms with E-state index >= 15 is 0 Å². The molecule has 3 heteroatoms. The Balaban J connectivity index is 2.44. The Hall–Kier alpha value is -2.16. The second-order valence-electron chi connectivity index (χ2n) is 3.02. The predicted octanol–water partition coefficient (Wildman–Crippen LogP) is 2.42. The third-order valence-electron chi connectivity index (χ3n) is 2.05. The zero-order chi connectivity index (χ0) is 10.5. The number of aromatic nitrogens is 1. The first-order chi connectivity index (χ1) is 7.42. The van der Waals surface area contributed by atoms with Gasteiger partial charge in [0.05, 0.1) is 11.4 Å². The van der Waals surface area contributed by atoms with E-state index in [4.69, 9.17) is 0 Å². The quantitative estimate of drug-likeness (QED) is 0.548. The number of benzene rings is 1. The molecule has 0 spiro atoms. The lowest BCUT2D eigenvalue weighted by Gasteiger charge is -2.07. The summed E-state index contributed by atoms with van der Waals surface area (Å²) in [5.41, 5.74) is 1.75. The van der Waals surface area contributed by atoms with Crippen LogP contribution in [0.5, 0.6) is 0 Å². The molecule has 0 aliphatic heterocycles. The SMILES string of the molecule is [O-]/N=C(\c1ccccc1)c1ccccn1. The molecular formula is C12H9N2O-. The fourth-order valence-corrected chi connectivity index (χ4v) is 1.35. The molecule has 15 heavy (non-hydrogen) atoms. The van der Waals surface area contributed by atoms with Crippen LogP contribution in [-0.2, 0) is 0 Å². The molecule has 0 radical (unpaired) electrons. The lowest BCUT2D eigenvalue weighted by atomic mass is 10.1. The lowest BCUT2D eigenvalue weighted by Crippen LogP contribution is -2.04. The molecule has 3 nitrogen and oxygen atoms in total. The van der Waals surface area contributed by atoms with Gasteiger partial charge in [-0.3, -0.25) is 4.98 Å². The van der Waals surface area contributed by atoms with Crippen molar-refractivity contribution in [3.63, 3.8) is 0 Å². The van der Waals surface area contributed by atoms with Gasteiger partial charge in [-0.25, -0.2) is 0 Å². The molecule has 0 saturated heterocycles. The number of hydrogen-bond acceptors (Lipinski definition) is 3. The van der Waals surface area contributed by atoms with Gasteiger partial charge in [-0.15, -0.1) is 0 Å². The number of nitrogens with zero attached hydrogens (tertiary/aromatic N) is 2. The largest absolute Gasteiger partial charge is 0.791 e. The van der Waals surface area contributed by atoms with Crippen LogP contribution in [0.25, 0.3) is 0 Å². The van der Waals surface area contributed by atoms with Gasteiger partial charge < -0.3 is 10.4 Å². The highest BCUT2D eigenvalue weighted by Gasteiger charge is 2.04. The first-order valence-corrected chi connectivity index (χ1v) is 4.59. The van der Waals surface area contributed by atoms with Gasteiger partial charge in [0.15, 0.2) is 0 Å². The number of rotatable bonds is 2. The monoisotopic (exact) mass is 197 g/mol. The van der Waals surface area contributed by atoms with E-state index in [2.05, 4.69) is 10.1 Å². The molecule has 1 heterocycles. The van der Waals surface area contributed by atoms with Gasteiger partial charge >= 0.3 is 0 Å². The van der Waals surface area contributed by atoms with Gasteiger partial charge in [0.25, 0.3) is 0 Å². The molecule has 74 valence electrons. The Morgan fingerprint density at radius 3 is 2.33 bits per heavy atom. The van der Waals surface area contributed by atoms with Crippen molar-refractivity contribution in [2.75, 3.05) is 0 Å². The molecule has 2 aromatic rings. The van der Waals surface area contributed by atoms with E-state index in [1.165, 1.54) is 0 Å². The summed E-state index contributed by atoms with van der Waals surface area (Å²) in [7, 11) is 0. The van der Waals surface area contributed by atoms with Crippen LogP contribution in [0.1, 0.15) is 11.3 Å². The number of hydrogen-bond donors (Lipinski definition) is 0. The highest BCUT2D eigenvalue weighted by atomic mass is 16.4. The standard InChI is InChI=1S/C12H10N2O/c15-14-12(10-6-2-1-3-7-10)11-8-4-5-9-13-11/h1-9,15H/p-1/b14-12+. The second kappa shape index (κ2) is 4.37. The molecule has 0 amide bonds. The van der Waals surface area contributed by atoms with Gasteiger partial charge in [0.1, 0.15) is 0 Å². The Bertz CT molecular complexity index is 410. The molecular weight excluding hydrogens is 188 g/mol. The van der Waals surface area contributed by atoms with Crippen molar-refractivity contribution in [1.82, 2.24) is 4.98 Å². The maximum atomic E-state index is 10.8. The summed E-state index contributed by atoms with van der Waals surface area (Å²) >= 11 is 0. The second-order valence-corrected chi connectivity index (χ2v) is 3.02. The van der Waals surface area contributed by atoms with Gasteiger partial charge in [-0.2, -0.15) is 0 Å². The fraction of sp³-hybridized carbons (Fsp3) is 0. The molecule has 0 atom stereocenters. The van der Waals surface area contributed by atoms with Crippen LogP contribution >= 0.6 is 0 Å². The predicted molar refractivity (Wildman–Crippen MR) is 59.7 cm³/mol. The summed E-state index contributed by atoms with van der Waals surface area (Å²) in [6, 6.07) is 14.7. The van der Waals surface area contributed by atoms with Crippen LogP contribution < -0.4 is 0 Å². The molecule has 1 aromatic carbocycles. The normalized spacial score (nSPS) is 11.3. The van der Waals surface area contributed by atoms with Crippen molar-refractivity contribution < 1.29 is 0 Å².